The van der Waals surface area contributed by atoms with Crippen LogP contribution in [0.4, 0.5) is 0 Å². The van der Waals surface area contributed by atoms with Gasteiger partial charge in [0.25, 0.3) is 0 Å². The van der Waals surface area contributed by atoms with Gasteiger partial charge in [-0.05, 0) is 25.2 Å². The molecule has 130 valence electrons. The molecule has 0 aliphatic carbocycles. The van der Waals surface area contributed by atoms with Crippen LogP contribution in [0, 0.1) is 11.8 Å². The summed E-state index contributed by atoms with van der Waals surface area (Å²) in [5, 5.41) is 3.34. The van der Waals surface area contributed by atoms with E-state index in [-0.39, 0.29) is 29.9 Å². The molecule has 1 rings (SSSR count). The Morgan fingerprint density at radius 2 is 2.05 bits per heavy atom. The van der Waals surface area contributed by atoms with Gasteiger partial charge >= 0.3 is 5.97 Å². The lowest BCUT2D eigenvalue weighted by molar-refractivity contribution is -0.140. The maximum atomic E-state index is 11.2. The molecule has 0 aromatic carbocycles. The molecule has 1 aliphatic heterocycles. The van der Waals surface area contributed by atoms with Gasteiger partial charge in [-0.2, -0.15) is 0 Å². The molecule has 1 fully saturated rings. The summed E-state index contributed by atoms with van der Waals surface area (Å²) >= 11 is 0. The first kappa shape index (κ1) is 21.5. The van der Waals surface area contributed by atoms with Gasteiger partial charge in [0.1, 0.15) is 0 Å². The highest BCUT2D eigenvalue weighted by molar-refractivity contribution is 14.0. The van der Waals surface area contributed by atoms with Crippen LogP contribution >= 0.6 is 24.0 Å². The molecule has 0 amide bonds. The molecule has 5 nitrogen and oxygen atoms in total. The van der Waals surface area contributed by atoms with E-state index < -0.39 is 0 Å². The number of methoxy groups -OCH3 is 1. The summed E-state index contributed by atoms with van der Waals surface area (Å²) in [5.74, 6) is 2.32. The zero-order valence-electron chi connectivity index (χ0n) is 14.4. The predicted molar refractivity (Wildman–Crippen MR) is 102 cm³/mol. The fourth-order valence-electron chi connectivity index (χ4n) is 3.10. The zero-order valence-corrected chi connectivity index (χ0v) is 16.8. The van der Waals surface area contributed by atoms with Gasteiger partial charge in [0.15, 0.2) is 5.96 Å². The highest BCUT2D eigenvalue weighted by atomic mass is 127. The maximum Gasteiger partial charge on any atom is 0.307 e. The lowest BCUT2D eigenvalue weighted by Gasteiger charge is -2.24. The number of nitrogens with one attached hydrogen (secondary N) is 1. The lowest BCUT2D eigenvalue weighted by Crippen LogP contribution is -2.40. The van der Waals surface area contributed by atoms with Crippen LogP contribution in [0.15, 0.2) is 4.99 Å². The van der Waals surface area contributed by atoms with Crippen molar-refractivity contribution in [2.45, 2.75) is 46.5 Å². The first-order valence-corrected chi connectivity index (χ1v) is 8.26. The van der Waals surface area contributed by atoms with Crippen molar-refractivity contribution in [3.63, 3.8) is 0 Å². The number of ether oxygens (including phenoxy) is 1. The van der Waals surface area contributed by atoms with Gasteiger partial charge in [0.2, 0.25) is 0 Å². The molecule has 0 bridgehead atoms. The SMILES string of the molecule is CCNC(=NCCC(=O)OC)N1CCC(C(CC)CC)C1.I. The Labute approximate surface area is 152 Å². The fourth-order valence-corrected chi connectivity index (χ4v) is 3.10. The predicted octanol–water partition coefficient (Wildman–Crippen LogP) is 2.89. The molecule has 22 heavy (non-hydrogen) atoms. The number of nitrogens with zero attached hydrogens (tertiary/aromatic N) is 2. The molecule has 0 aromatic heterocycles. The summed E-state index contributed by atoms with van der Waals surface area (Å²) < 4.78 is 4.65. The largest absolute Gasteiger partial charge is 0.469 e. The van der Waals surface area contributed by atoms with Crippen molar-refractivity contribution in [3.8, 4) is 0 Å². The molecule has 6 heteroatoms. The smallest absolute Gasteiger partial charge is 0.307 e. The first-order valence-electron chi connectivity index (χ1n) is 8.26. The molecule has 0 radical (unpaired) electrons. The number of carbonyl (C=O) groups excluding carboxylic acids is 1. The number of hydrogen-bond donors (Lipinski definition) is 1. The Kier molecular flexibility index (Phi) is 11.7. The maximum absolute atomic E-state index is 11.2. The standard InChI is InChI=1S/C16H31N3O2.HI/c1-5-13(6-2)14-9-11-19(12-14)16(17-7-3)18-10-8-15(20)21-4;/h13-14H,5-12H2,1-4H3,(H,17,18);1H. The topological polar surface area (TPSA) is 53.9 Å². The Hall–Kier alpha value is -0.530. The van der Waals surface area contributed by atoms with Crippen LogP contribution in [0.3, 0.4) is 0 Å². The van der Waals surface area contributed by atoms with Crippen LogP contribution in [-0.4, -0.2) is 50.1 Å². The second-order valence-corrected chi connectivity index (χ2v) is 5.63. The van der Waals surface area contributed by atoms with Gasteiger partial charge in [-0.15, -0.1) is 24.0 Å². The average Bonchev–Trinajstić information content (AvgIpc) is 2.97. The molecular formula is C16H32IN3O2. The van der Waals surface area contributed by atoms with Gasteiger partial charge in [0, 0.05) is 19.6 Å². The second kappa shape index (κ2) is 12.0. The summed E-state index contributed by atoms with van der Waals surface area (Å²) in [7, 11) is 1.41. The number of likely N-dealkylation sites (tertiary alicyclic amines) is 1. The van der Waals surface area contributed by atoms with Crippen LogP contribution in [0.2, 0.25) is 0 Å². The van der Waals surface area contributed by atoms with E-state index in [9.17, 15) is 4.79 Å². The molecule has 0 saturated carbocycles. The molecule has 1 atom stereocenters. The van der Waals surface area contributed by atoms with Crippen LogP contribution in [0.5, 0.6) is 0 Å². The van der Waals surface area contributed by atoms with Gasteiger partial charge in [-0.25, -0.2) is 0 Å². The number of hydrogen-bond acceptors (Lipinski definition) is 3. The number of guanidine groups is 1. The number of esters is 1. The van der Waals surface area contributed by atoms with E-state index in [1.807, 2.05) is 0 Å². The Bertz CT molecular complexity index is 346. The van der Waals surface area contributed by atoms with E-state index in [1.165, 1.54) is 26.4 Å². The summed E-state index contributed by atoms with van der Waals surface area (Å²) in [6.07, 6.45) is 4.10. The molecule has 1 unspecified atom stereocenters. The van der Waals surface area contributed by atoms with Gasteiger partial charge < -0.3 is 15.0 Å². The van der Waals surface area contributed by atoms with E-state index in [0.29, 0.717) is 13.0 Å². The van der Waals surface area contributed by atoms with Crippen molar-refractivity contribution in [2.75, 3.05) is 33.3 Å². The van der Waals surface area contributed by atoms with Crippen molar-refractivity contribution >= 4 is 35.9 Å². The molecular weight excluding hydrogens is 393 g/mol. The van der Waals surface area contributed by atoms with Gasteiger partial charge in [-0.1, -0.05) is 26.7 Å². The minimum absolute atomic E-state index is 0. The zero-order chi connectivity index (χ0) is 15.7. The van der Waals surface area contributed by atoms with E-state index in [2.05, 4.69) is 40.7 Å². The van der Waals surface area contributed by atoms with Crippen LogP contribution in [0.1, 0.15) is 46.5 Å². The van der Waals surface area contributed by atoms with Crippen molar-refractivity contribution in [3.05, 3.63) is 0 Å². The highest BCUT2D eigenvalue weighted by Gasteiger charge is 2.29. The average molecular weight is 425 g/mol. The van der Waals surface area contributed by atoms with Crippen molar-refractivity contribution in [2.24, 2.45) is 16.8 Å². The third-order valence-electron chi connectivity index (χ3n) is 4.38. The third-order valence-corrected chi connectivity index (χ3v) is 4.38. The van der Waals surface area contributed by atoms with E-state index in [0.717, 1.165) is 37.4 Å². The quantitative estimate of drug-likeness (QED) is 0.295. The highest BCUT2D eigenvalue weighted by Crippen LogP contribution is 2.28. The monoisotopic (exact) mass is 425 g/mol. The summed E-state index contributed by atoms with van der Waals surface area (Å²) in [6, 6.07) is 0. The third kappa shape index (κ3) is 6.71. The minimum Gasteiger partial charge on any atom is -0.469 e. The molecule has 1 saturated heterocycles. The van der Waals surface area contributed by atoms with Crippen molar-refractivity contribution < 1.29 is 9.53 Å². The number of carbonyl (C=O) groups is 1. The molecule has 0 spiro atoms. The first-order chi connectivity index (χ1) is 10.2. The Morgan fingerprint density at radius 1 is 1.36 bits per heavy atom. The Morgan fingerprint density at radius 3 is 2.59 bits per heavy atom. The van der Waals surface area contributed by atoms with Gasteiger partial charge in [-0.3, -0.25) is 9.79 Å². The van der Waals surface area contributed by atoms with E-state index >= 15 is 0 Å². The number of halogens is 1. The van der Waals surface area contributed by atoms with Crippen molar-refractivity contribution in [1.82, 2.24) is 10.2 Å². The summed E-state index contributed by atoms with van der Waals surface area (Å²) in [4.78, 5) is 18.1. The fraction of sp³-hybridized carbons (Fsp3) is 0.875. The molecule has 1 N–H and O–H groups in total. The van der Waals surface area contributed by atoms with Crippen LogP contribution in [0.25, 0.3) is 0 Å². The number of aliphatic imine (C=N–C) groups is 1. The second-order valence-electron chi connectivity index (χ2n) is 5.63. The molecule has 1 aliphatic rings. The van der Waals surface area contributed by atoms with Crippen LogP contribution in [-0.2, 0) is 9.53 Å². The number of rotatable bonds is 7. The van der Waals surface area contributed by atoms with E-state index in [1.54, 1.807) is 0 Å². The van der Waals surface area contributed by atoms with E-state index in [4.69, 9.17) is 0 Å². The van der Waals surface area contributed by atoms with Gasteiger partial charge in [0.05, 0.1) is 20.1 Å². The Balaban J connectivity index is 0.00000441. The molecule has 1 heterocycles. The summed E-state index contributed by atoms with van der Waals surface area (Å²) in [5.41, 5.74) is 0. The van der Waals surface area contributed by atoms with Crippen LogP contribution < -0.4 is 5.32 Å². The lowest BCUT2D eigenvalue weighted by atomic mass is 9.87. The normalized spacial score (nSPS) is 18.3. The summed E-state index contributed by atoms with van der Waals surface area (Å²) in [6.45, 7) is 10.1. The minimum atomic E-state index is -0.203. The molecule has 0 aromatic rings. The van der Waals surface area contributed by atoms with Crippen molar-refractivity contribution in [1.29, 1.82) is 0 Å².